The Morgan fingerprint density at radius 2 is 1.83 bits per heavy atom. The zero-order valence-electron chi connectivity index (χ0n) is 14.7. The fourth-order valence-electron chi connectivity index (χ4n) is 2.45. The number of rotatable bonds is 11. The maximum atomic E-state index is 11.9. The summed E-state index contributed by atoms with van der Waals surface area (Å²) < 4.78 is 0.988. The van der Waals surface area contributed by atoms with E-state index in [0.29, 0.717) is 12.5 Å². The molecule has 5 heteroatoms. The van der Waals surface area contributed by atoms with Gasteiger partial charge in [0.1, 0.15) is 0 Å². The maximum absolute atomic E-state index is 11.9. The largest absolute Gasteiger partial charge is 0.356 e. The number of nitrogens with one attached hydrogen (secondary N) is 2. The van der Waals surface area contributed by atoms with Gasteiger partial charge in [0.25, 0.3) is 0 Å². The van der Waals surface area contributed by atoms with E-state index >= 15 is 0 Å². The van der Waals surface area contributed by atoms with E-state index in [1.807, 2.05) is 24.3 Å². The molecule has 0 aromatic heterocycles. The van der Waals surface area contributed by atoms with Crippen molar-refractivity contribution in [1.82, 2.24) is 10.6 Å². The van der Waals surface area contributed by atoms with Gasteiger partial charge in [0.05, 0.1) is 0 Å². The molecule has 0 spiro atoms. The van der Waals surface area contributed by atoms with Crippen LogP contribution >= 0.6 is 15.9 Å². The van der Waals surface area contributed by atoms with E-state index in [2.05, 4.69) is 40.4 Å². The van der Waals surface area contributed by atoms with Gasteiger partial charge in [-0.25, -0.2) is 0 Å². The molecule has 4 nitrogen and oxygen atoms in total. The minimum absolute atomic E-state index is 0.0393. The van der Waals surface area contributed by atoms with Crippen molar-refractivity contribution in [2.75, 3.05) is 6.54 Å². The predicted octanol–water partition coefficient (Wildman–Crippen LogP) is 4.18. The lowest BCUT2D eigenvalue weighted by Gasteiger charge is -2.15. The van der Waals surface area contributed by atoms with Gasteiger partial charge >= 0.3 is 0 Å². The summed E-state index contributed by atoms with van der Waals surface area (Å²) in [6.45, 7) is 5.53. The zero-order valence-corrected chi connectivity index (χ0v) is 16.3. The Kier molecular flexibility index (Phi) is 10.4. The van der Waals surface area contributed by atoms with E-state index in [0.717, 1.165) is 29.4 Å². The Morgan fingerprint density at radius 1 is 1.12 bits per heavy atom. The maximum Gasteiger partial charge on any atom is 0.220 e. The molecule has 0 heterocycles. The molecular weight excluding hydrogens is 368 g/mol. The highest BCUT2D eigenvalue weighted by molar-refractivity contribution is 9.10. The van der Waals surface area contributed by atoms with E-state index in [9.17, 15) is 9.59 Å². The Labute approximate surface area is 153 Å². The quantitative estimate of drug-likeness (QED) is 0.589. The lowest BCUT2D eigenvalue weighted by molar-refractivity contribution is -0.126. The summed E-state index contributed by atoms with van der Waals surface area (Å²) in [7, 11) is 0. The van der Waals surface area contributed by atoms with Gasteiger partial charge in [-0.3, -0.25) is 9.59 Å². The lowest BCUT2D eigenvalue weighted by Crippen LogP contribution is -2.31. The van der Waals surface area contributed by atoms with Crippen LogP contribution in [0.2, 0.25) is 0 Å². The second kappa shape index (κ2) is 12.1. The number of carbonyl (C=O) groups is 2. The van der Waals surface area contributed by atoms with Crippen LogP contribution in [0.1, 0.15) is 57.9 Å². The SMILES string of the molecule is CCCC[C@@H](CC)CNC(=O)CCC(=O)NCc1cccc(Br)c1. The van der Waals surface area contributed by atoms with E-state index < -0.39 is 0 Å². The molecule has 0 aliphatic carbocycles. The van der Waals surface area contributed by atoms with Crippen LogP contribution in [0.4, 0.5) is 0 Å². The van der Waals surface area contributed by atoms with Crippen molar-refractivity contribution >= 4 is 27.7 Å². The molecule has 0 aliphatic rings. The van der Waals surface area contributed by atoms with Crippen LogP contribution in [-0.2, 0) is 16.1 Å². The highest BCUT2D eigenvalue weighted by Crippen LogP contribution is 2.12. The van der Waals surface area contributed by atoms with E-state index in [-0.39, 0.29) is 24.7 Å². The summed E-state index contributed by atoms with van der Waals surface area (Å²) in [5, 5.41) is 5.80. The fraction of sp³-hybridized carbons (Fsp3) is 0.579. The van der Waals surface area contributed by atoms with Gasteiger partial charge in [-0.1, -0.05) is 61.2 Å². The zero-order chi connectivity index (χ0) is 17.8. The molecular formula is C19H29BrN2O2. The number of halogens is 1. The average molecular weight is 397 g/mol. The second-order valence-corrected chi connectivity index (χ2v) is 7.04. The Bertz CT molecular complexity index is 520. The minimum Gasteiger partial charge on any atom is -0.356 e. The van der Waals surface area contributed by atoms with Crippen LogP contribution in [0.5, 0.6) is 0 Å². The number of hydrogen-bond acceptors (Lipinski definition) is 2. The van der Waals surface area contributed by atoms with Crippen molar-refractivity contribution in [3.8, 4) is 0 Å². The molecule has 1 atom stereocenters. The van der Waals surface area contributed by atoms with Gasteiger partial charge in [0, 0.05) is 30.4 Å². The minimum atomic E-state index is -0.0943. The van der Waals surface area contributed by atoms with Gasteiger partial charge in [-0.2, -0.15) is 0 Å². The molecule has 0 unspecified atom stereocenters. The van der Waals surface area contributed by atoms with E-state index in [4.69, 9.17) is 0 Å². The Balaban J connectivity index is 2.20. The number of benzene rings is 1. The lowest BCUT2D eigenvalue weighted by atomic mass is 9.99. The van der Waals surface area contributed by atoms with Gasteiger partial charge in [-0.05, 0) is 30.0 Å². The summed E-state index contributed by atoms with van der Waals surface area (Å²) in [6.07, 6.45) is 5.09. The van der Waals surface area contributed by atoms with Crippen molar-refractivity contribution in [2.45, 2.75) is 58.9 Å². The molecule has 0 radical (unpaired) electrons. The summed E-state index contributed by atoms with van der Waals surface area (Å²) in [6, 6.07) is 7.80. The average Bonchev–Trinajstić information content (AvgIpc) is 2.58. The summed E-state index contributed by atoms with van der Waals surface area (Å²) in [5.41, 5.74) is 1.03. The molecule has 0 saturated carbocycles. The van der Waals surface area contributed by atoms with Crippen molar-refractivity contribution in [1.29, 1.82) is 0 Å². The number of carbonyl (C=O) groups excluding carboxylic acids is 2. The van der Waals surface area contributed by atoms with E-state index in [1.165, 1.54) is 12.8 Å². The highest BCUT2D eigenvalue weighted by atomic mass is 79.9. The molecule has 1 aromatic carbocycles. The van der Waals surface area contributed by atoms with Crippen LogP contribution < -0.4 is 10.6 Å². The number of amides is 2. The molecule has 2 N–H and O–H groups in total. The standard InChI is InChI=1S/C19H29BrN2O2/c1-3-5-7-15(4-2)13-21-18(23)10-11-19(24)22-14-16-8-6-9-17(20)12-16/h6,8-9,12,15H,3-5,7,10-11,13-14H2,1-2H3,(H,21,23)(H,22,24)/t15-/m1/s1. The van der Waals surface area contributed by atoms with Crippen LogP contribution in [0.15, 0.2) is 28.7 Å². The molecule has 0 fully saturated rings. The molecule has 134 valence electrons. The number of hydrogen-bond donors (Lipinski definition) is 2. The first-order valence-corrected chi connectivity index (χ1v) is 9.62. The monoisotopic (exact) mass is 396 g/mol. The Hall–Kier alpha value is -1.36. The Morgan fingerprint density at radius 3 is 2.46 bits per heavy atom. The van der Waals surface area contributed by atoms with Gasteiger partial charge in [-0.15, -0.1) is 0 Å². The topological polar surface area (TPSA) is 58.2 Å². The van der Waals surface area contributed by atoms with E-state index in [1.54, 1.807) is 0 Å². The fourth-order valence-corrected chi connectivity index (χ4v) is 2.90. The molecule has 24 heavy (non-hydrogen) atoms. The van der Waals surface area contributed by atoms with Crippen LogP contribution in [0.3, 0.4) is 0 Å². The molecule has 1 rings (SSSR count). The molecule has 0 aliphatic heterocycles. The van der Waals surface area contributed by atoms with Crippen molar-refractivity contribution in [3.63, 3.8) is 0 Å². The van der Waals surface area contributed by atoms with Crippen LogP contribution in [0, 0.1) is 5.92 Å². The summed E-state index contributed by atoms with van der Waals surface area (Å²) in [4.78, 5) is 23.7. The van der Waals surface area contributed by atoms with Crippen molar-refractivity contribution in [2.24, 2.45) is 5.92 Å². The third kappa shape index (κ3) is 9.06. The van der Waals surface area contributed by atoms with Gasteiger partial charge < -0.3 is 10.6 Å². The molecule has 2 amide bonds. The normalized spacial score (nSPS) is 11.8. The predicted molar refractivity (Wildman–Crippen MR) is 102 cm³/mol. The first-order chi connectivity index (χ1) is 11.5. The van der Waals surface area contributed by atoms with Gasteiger partial charge in [0.2, 0.25) is 11.8 Å². The summed E-state index contributed by atoms with van der Waals surface area (Å²) in [5.74, 6) is 0.407. The third-order valence-electron chi connectivity index (χ3n) is 4.09. The van der Waals surface area contributed by atoms with Crippen molar-refractivity contribution in [3.05, 3.63) is 34.3 Å². The first-order valence-electron chi connectivity index (χ1n) is 8.83. The highest BCUT2D eigenvalue weighted by Gasteiger charge is 2.10. The molecule has 1 aromatic rings. The van der Waals surface area contributed by atoms with Crippen molar-refractivity contribution < 1.29 is 9.59 Å². The third-order valence-corrected chi connectivity index (χ3v) is 4.58. The summed E-state index contributed by atoms with van der Waals surface area (Å²) >= 11 is 3.40. The van der Waals surface area contributed by atoms with Crippen LogP contribution in [-0.4, -0.2) is 18.4 Å². The van der Waals surface area contributed by atoms with Crippen LogP contribution in [0.25, 0.3) is 0 Å². The smallest absolute Gasteiger partial charge is 0.220 e. The molecule has 0 saturated heterocycles. The van der Waals surface area contributed by atoms with Gasteiger partial charge in [0.15, 0.2) is 0 Å². The second-order valence-electron chi connectivity index (χ2n) is 6.13. The first kappa shape index (κ1) is 20.7. The molecule has 0 bridgehead atoms. The number of unbranched alkanes of at least 4 members (excludes halogenated alkanes) is 1.